The van der Waals surface area contributed by atoms with E-state index in [4.69, 9.17) is 0 Å². The molecule has 2 aliphatic heterocycles. The second kappa shape index (κ2) is 6.81. The first-order valence-corrected chi connectivity index (χ1v) is 8.50. The van der Waals surface area contributed by atoms with E-state index in [2.05, 4.69) is 10.2 Å². The molecule has 2 N–H and O–H groups in total. The van der Waals surface area contributed by atoms with E-state index >= 15 is 0 Å². The Labute approximate surface area is 142 Å². The van der Waals surface area contributed by atoms with Crippen LogP contribution < -0.4 is 5.32 Å². The van der Waals surface area contributed by atoms with Crippen LogP contribution in [0.2, 0.25) is 0 Å². The lowest BCUT2D eigenvalue weighted by Crippen LogP contribution is -2.45. The SMILES string of the molecule is CN1C[C@@H]2CN(C(=O)NCc3ccccc3)CCC[C@]2(C(=O)O)C1. The van der Waals surface area contributed by atoms with Crippen LogP contribution >= 0.6 is 0 Å². The van der Waals surface area contributed by atoms with Crippen molar-refractivity contribution in [3.63, 3.8) is 0 Å². The van der Waals surface area contributed by atoms with Gasteiger partial charge in [0.15, 0.2) is 0 Å². The Morgan fingerprint density at radius 1 is 1.29 bits per heavy atom. The normalized spacial score (nSPS) is 27.4. The molecule has 3 rings (SSSR count). The van der Waals surface area contributed by atoms with Crippen molar-refractivity contribution in [2.75, 3.05) is 33.2 Å². The molecule has 2 heterocycles. The van der Waals surface area contributed by atoms with E-state index in [-0.39, 0.29) is 11.9 Å². The van der Waals surface area contributed by atoms with Crippen molar-refractivity contribution in [1.29, 1.82) is 0 Å². The van der Waals surface area contributed by atoms with E-state index in [1.807, 2.05) is 37.4 Å². The summed E-state index contributed by atoms with van der Waals surface area (Å²) < 4.78 is 0. The van der Waals surface area contributed by atoms with E-state index in [1.165, 1.54) is 0 Å². The topological polar surface area (TPSA) is 72.9 Å². The first-order chi connectivity index (χ1) is 11.5. The van der Waals surface area contributed by atoms with Crippen molar-refractivity contribution in [3.8, 4) is 0 Å². The van der Waals surface area contributed by atoms with E-state index < -0.39 is 11.4 Å². The summed E-state index contributed by atoms with van der Waals surface area (Å²) in [5, 5.41) is 12.7. The smallest absolute Gasteiger partial charge is 0.317 e. The van der Waals surface area contributed by atoms with Gasteiger partial charge in [0.05, 0.1) is 5.41 Å². The summed E-state index contributed by atoms with van der Waals surface area (Å²) in [6.07, 6.45) is 1.37. The predicted octanol–water partition coefficient (Wildman–Crippen LogP) is 1.62. The number of fused-ring (bicyclic) bond motifs is 1. The van der Waals surface area contributed by atoms with E-state index in [0.29, 0.717) is 32.6 Å². The fourth-order valence-electron chi connectivity index (χ4n) is 4.10. The van der Waals surface area contributed by atoms with Crippen molar-refractivity contribution >= 4 is 12.0 Å². The minimum Gasteiger partial charge on any atom is -0.481 e. The van der Waals surface area contributed by atoms with Crippen LogP contribution in [0.15, 0.2) is 30.3 Å². The van der Waals surface area contributed by atoms with E-state index in [9.17, 15) is 14.7 Å². The number of hydrogen-bond acceptors (Lipinski definition) is 3. The van der Waals surface area contributed by atoms with Crippen LogP contribution in [0.5, 0.6) is 0 Å². The van der Waals surface area contributed by atoms with E-state index in [0.717, 1.165) is 18.5 Å². The maximum atomic E-state index is 12.5. The summed E-state index contributed by atoms with van der Waals surface area (Å²) >= 11 is 0. The van der Waals surface area contributed by atoms with Crippen LogP contribution in [-0.4, -0.2) is 60.1 Å². The Morgan fingerprint density at radius 3 is 2.75 bits per heavy atom. The summed E-state index contributed by atoms with van der Waals surface area (Å²) in [6, 6.07) is 9.69. The lowest BCUT2D eigenvalue weighted by atomic mass is 9.75. The van der Waals surface area contributed by atoms with Gasteiger partial charge in [0, 0.05) is 38.6 Å². The largest absolute Gasteiger partial charge is 0.481 e. The van der Waals surface area contributed by atoms with Crippen LogP contribution in [-0.2, 0) is 11.3 Å². The Bertz CT molecular complexity index is 607. The van der Waals surface area contributed by atoms with Gasteiger partial charge in [-0.1, -0.05) is 30.3 Å². The molecule has 0 spiro atoms. The molecule has 0 radical (unpaired) electrons. The molecule has 0 unspecified atom stereocenters. The number of urea groups is 1. The van der Waals surface area contributed by atoms with Crippen molar-refractivity contribution in [3.05, 3.63) is 35.9 Å². The average Bonchev–Trinajstić information content (AvgIpc) is 2.78. The zero-order chi connectivity index (χ0) is 17.2. The molecule has 1 aromatic carbocycles. The highest BCUT2D eigenvalue weighted by Gasteiger charge is 2.52. The summed E-state index contributed by atoms with van der Waals surface area (Å²) in [6.45, 7) is 2.93. The van der Waals surface area contributed by atoms with Gasteiger partial charge in [-0.2, -0.15) is 0 Å². The van der Waals surface area contributed by atoms with Crippen molar-refractivity contribution in [2.45, 2.75) is 19.4 Å². The number of carboxylic acid groups (broad SMARTS) is 1. The molecular formula is C18H25N3O3. The monoisotopic (exact) mass is 331 g/mol. The Morgan fingerprint density at radius 2 is 2.04 bits per heavy atom. The van der Waals surface area contributed by atoms with Crippen molar-refractivity contribution < 1.29 is 14.7 Å². The van der Waals surface area contributed by atoms with Gasteiger partial charge < -0.3 is 20.2 Å². The highest BCUT2D eigenvalue weighted by molar-refractivity contribution is 5.77. The number of carbonyl (C=O) groups excluding carboxylic acids is 1. The molecule has 0 bridgehead atoms. The molecule has 2 saturated heterocycles. The first kappa shape index (κ1) is 16.8. The number of nitrogens with zero attached hydrogens (tertiary/aromatic N) is 2. The Hall–Kier alpha value is -2.08. The van der Waals surface area contributed by atoms with Gasteiger partial charge in [0.1, 0.15) is 0 Å². The Balaban J connectivity index is 1.65. The van der Waals surface area contributed by atoms with Gasteiger partial charge in [0.25, 0.3) is 0 Å². The van der Waals surface area contributed by atoms with Crippen molar-refractivity contribution in [1.82, 2.24) is 15.1 Å². The molecule has 2 atom stereocenters. The number of carbonyl (C=O) groups is 2. The summed E-state index contributed by atoms with van der Waals surface area (Å²) in [5.74, 6) is -0.728. The lowest BCUT2D eigenvalue weighted by molar-refractivity contribution is -0.150. The van der Waals surface area contributed by atoms with Gasteiger partial charge in [-0.25, -0.2) is 4.79 Å². The number of aliphatic carboxylic acids is 1. The summed E-state index contributed by atoms with van der Waals surface area (Å²) in [5.41, 5.74) is 0.351. The maximum absolute atomic E-state index is 12.5. The number of nitrogens with one attached hydrogen (secondary N) is 1. The highest BCUT2D eigenvalue weighted by atomic mass is 16.4. The van der Waals surface area contributed by atoms with Crippen LogP contribution in [0.3, 0.4) is 0 Å². The highest BCUT2D eigenvalue weighted by Crippen LogP contribution is 2.42. The summed E-state index contributed by atoms with van der Waals surface area (Å²) in [7, 11) is 1.96. The standard InChI is InChI=1S/C18H25N3O3/c1-20-11-15-12-21(9-5-8-18(15,13-20)16(22)23)17(24)19-10-14-6-3-2-4-7-14/h2-4,6-7,15H,5,8-13H2,1H3,(H,19,24)(H,22,23)/t15-,18+/m1/s1. The second-order valence-corrected chi connectivity index (χ2v) is 7.05. The molecule has 0 aromatic heterocycles. The number of amides is 2. The van der Waals surface area contributed by atoms with Gasteiger partial charge in [-0.3, -0.25) is 4.79 Å². The third-order valence-electron chi connectivity index (χ3n) is 5.36. The number of hydrogen-bond donors (Lipinski definition) is 2. The molecule has 2 amide bonds. The predicted molar refractivity (Wildman–Crippen MR) is 90.5 cm³/mol. The Kier molecular flexibility index (Phi) is 4.76. The third-order valence-corrected chi connectivity index (χ3v) is 5.36. The van der Waals surface area contributed by atoms with Crippen LogP contribution in [0.4, 0.5) is 4.79 Å². The molecule has 0 aliphatic carbocycles. The average molecular weight is 331 g/mol. The van der Waals surface area contributed by atoms with Gasteiger partial charge >= 0.3 is 12.0 Å². The molecule has 2 aliphatic rings. The fraction of sp³-hybridized carbons (Fsp3) is 0.556. The molecule has 2 fully saturated rings. The maximum Gasteiger partial charge on any atom is 0.317 e. The van der Waals surface area contributed by atoms with Gasteiger partial charge in [0.2, 0.25) is 0 Å². The van der Waals surface area contributed by atoms with Crippen LogP contribution in [0.25, 0.3) is 0 Å². The first-order valence-electron chi connectivity index (χ1n) is 8.50. The molecular weight excluding hydrogens is 306 g/mol. The van der Waals surface area contributed by atoms with E-state index in [1.54, 1.807) is 4.90 Å². The number of rotatable bonds is 3. The number of benzene rings is 1. The van der Waals surface area contributed by atoms with Crippen molar-refractivity contribution in [2.24, 2.45) is 11.3 Å². The van der Waals surface area contributed by atoms with Crippen LogP contribution in [0, 0.1) is 11.3 Å². The van der Waals surface area contributed by atoms with Gasteiger partial charge in [-0.15, -0.1) is 0 Å². The zero-order valence-corrected chi connectivity index (χ0v) is 14.1. The number of carboxylic acids is 1. The zero-order valence-electron chi connectivity index (χ0n) is 14.1. The number of likely N-dealkylation sites (tertiary alicyclic amines) is 2. The molecule has 1 aromatic rings. The lowest BCUT2D eigenvalue weighted by Gasteiger charge is -2.29. The minimum absolute atomic E-state index is 0.00928. The van der Waals surface area contributed by atoms with Gasteiger partial charge in [-0.05, 0) is 25.5 Å². The molecule has 0 saturated carbocycles. The van der Waals surface area contributed by atoms with Crippen LogP contribution in [0.1, 0.15) is 18.4 Å². The molecule has 130 valence electrons. The third kappa shape index (κ3) is 3.24. The molecule has 24 heavy (non-hydrogen) atoms. The quantitative estimate of drug-likeness (QED) is 0.883. The molecule has 6 nitrogen and oxygen atoms in total. The second-order valence-electron chi connectivity index (χ2n) is 7.05. The summed E-state index contributed by atoms with van der Waals surface area (Å²) in [4.78, 5) is 28.3. The fourth-order valence-corrected chi connectivity index (χ4v) is 4.10. The minimum atomic E-state index is -0.719. The molecule has 6 heteroatoms.